The Labute approximate surface area is 139 Å². The predicted molar refractivity (Wildman–Crippen MR) is 90.6 cm³/mol. The molecule has 0 saturated heterocycles. The Kier molecular flexibility index (Phi) is 5.57. The Bertz CT molecular complexity index is 750. The van der Waals surface area contributed by atoms with Gasteiger partial charge >= 0.3 is 0 Å². The highest BCUT2D eigenvalue weighted by Gasteiger charge is 2.12. The van der Waals surface area contributed by atoms with E-state index < -0.39 is 11.8 Å². The maximum Gasteiger partial charge on any atom is 0.265 e. The Morgan fingerprint density at radius 3 is 1.88 bits per heavy atom. The molecule has 6 nitrogen and oxygen atoms in total. The lowest BCUT2D eigenvalue weighted by Gasteiger charge is -2.08. The van der Waals surface area contributed by atoms with Crippen molar-refractivity contribution >= 4 is 17.9 Å². The second-order valence-corrected chi connectivity index (χ2v) is 4.88. The molecular formula is C18H18N2O4. The van der Waals surface area contributed by atoms with Crippen molar-refractivity contribution < 1.29 is 19.1 Å². The smallest absolute Gasteiger partial charge is 0.265 e. The van der Waals surface area contributed by atoms with E-state index in [9.17, 15) is 9.59 Å². The average molecular weight is 326 g/mol. The van der Waals surface area contributed by atoms with Crippen LogP contribution in [0.3, 0.4) is 0 Å². The van der Waals surface area contributed by atoms with Gasteiger partial charge in [-0.3, -0.25) is 9.59 Å². The standard InChI is InChI=1S/C18H18N2O4/c1-23-14-7-3-12(4-8-14)11-16(17(19)21)20-18(22)13-5-9-15(24-2)10-6-13/h3-11H,1-2H3,(H2,19,21)(H,20,22)/b16-11-. The van der Waals surface area contributed by atoms with Gasteiger partial charge in [0.1, 0.15) is 17.2 Å². The van der Waals surface area contributed by atoms with Crippen LogP contribution < -0.4 is 20.5 Å². The minimum atomic E-state index is -0.729. The van der Waals surface area contributed by atoms with Gasteiger partial charge in [0.25, 0.3) is 11.8 Å². The molecule has 0 radical (unpaired) electrons. The summed E-state index contributed by atoms with van der Waals surface area (Å²) in [6.07, 6.45) is 1.50. The summed E-state index contributed by atoms with van der Waals surface area (Å²) in [7, 11) is 3.10. The highest BCUT2D eigenvalue weighted by molar-refractivity contribution is 6.04. The number of ether oxygens (including phenoxy) is 2. The quantitative estimate of drug-likeness (QED) is 0.794. The van der Waals surface area contributed by atoms with Crippen molar-refractivity contribution in [1.82, 2.24) is 5.32 Å². The van der Waals surface area contributed by atoms with Gasteiger partial charge in [-0.15, -0.1) is 0 Å². The topological polar surface area (TPSA) is 90.7 Å². The zero-order valence-corrected chi connectivity index (χ0v) is 13.4. The number of methoxy groups -OCH3 is 2. The molecule has 2 rings (SSSR count). The van der Waals surface area contributed by atoms with Gasteiger partial charge in [-0.2, -0.15) is 0 Å². The molecule has 2 amide bonds. The minimum Gasteiger partial charge on any atom is -0.497 e. The summed E-state index contributed by atoms with van der Waals surface area (Å²) in [6.45, 7) is 0. The van der Waals surface area contributed by atoms with Gasteiger partial charge in [0.2, 0.25) is 0 Å². The van der Waals surface area contributed by atoms with Gasteiger partial charge in [-0.1, -0.05) is 12.1 Å². The zero-order valence-electron chi connectivity index (χ0n) is 13.4. The van der Waals surface area contributed by atoms with E-state index in [1.807, 2.05) is 0 Å². The van der Waals surface area contributed by atoms with Crippen LogP contribution >= 0.6 is 0 Å². The van der Waals surface area contributed by atoms with Crippen LogP contribution in [-0.4, -0.2) is 26.0 Å². The van der Waals surface area contributed by atoms with Crippen LogP contribution in [0, 0.1) is 0 Å². The largest absolute Gasteiger partial charge is 0.497 e. The van der Waals surface area contributed by atoms with E-state index in [1.165, 1.54) is 13.2 Å². The van der Waals surface area contributed by atoms with Crippen LogP contribution in [0.5, 0.6) is 11.5 Å². The summed E-state index contributed by atoms with van der Waals surface area (Å²) >= 11 is 0. The molecule has 0 bridgehead atoms. The molecule has 0 heterocycles. The second-order valence-electron chi connectivity index (χ2n) is 4.88. The number of hydrogen-bond donors (Lipinski definition) is 2. The highest BCUT2D eigenvalue weighted by atomic mass is 16.5. The molecule has 3 N–H and O–H groups in total. The number of nitrogens with one attached hydrogen (secondary N) is 1. The van der Waals surface area contributed by atoms with Crippen molar-refractivity contribution in [2.24, 2.45) is 5.73 Å². The Balaban J connectivity index is 2.18. The zero-order chi connectivity index (χ0) is 17.5. The van der Waals surface area contributed by atoms with E-state index in [4.69, 9.17) is 15.2 Å². The van der Waals surface area contributed by atoms with Gasteiger partial charge in [0, 0.05) is 5.56 Å². The van der Waals surface area contributed by atoms with Gasteiger partial charge < -0.3 is 20.5 Å². The lowest BCUT2D eigenvalue weighted by Crippen LogP contribution is -2.31. The summed E-state index contributed by atoms with van der Waals surface area (Å²) in [5.74, 6) is 0.161. The van der Waals surface area contributed by atoms with Gasteiger partial charge in [0.05, 0.1) is 14.2 Å². The number of hydrogen-bond acceptors (Lipinski definition) is 4. The Hall–Kier alpha value is -3.28. The van der Waals surface area contributed by atoms with Crippen molar-refractivity contribution in [3.63, 3.8) is 0 Å². The normalized spacial score (nSPS) is 10.8. The number of carbonyl (C=O) groups excluding carboxylic acids is 2. The SMILES string of the molecule is COc1ccc(/C=C(\NC(=O)c2ccc(OC)cc2)C(N)=O)cc1. The first-order valence-electron chi connectivity index (χ1n) is 7.14. The first-order chi connectivity index (χ1) is 11.5. The lowest BCUT2D eigenvalue weighted by atomic mass is 10.1. The summed E-state index contributed by atoms with van der Waals surface area (Å²) in [5.41, 5.74) is 6.44. The second kappa shape index (κ2) is 7.82. The Morgan fingerprint density at radius 1 is 0.917 bits per heavy atom. The summed E-state index contributed by atoms with van der Waals surface area (Å²) in [5, 5.41) is 2.52. The number of benzene rings is 2. The minimum absolute atomic E-state index is 0.000912. The van der Waals surface area contributed by atoms with Crippen LogP contribution in [-0.2, 0) is 4.79 Å². The molecule has 0 aliphatic heterocycles. The van der Waals surface area contributed by atoms with Crippen LogP contribution in [0.2, 0.25) is 0 Å². The first kappa shape index (κ1) is 17.1. The van der Waals surface area contributed by atoms with Crippen molar-refractivity contribution in [2.45, 2.75) is 0 Å². The maximum absolute atomic E-state index is 12.2. The summed E-state index contributed by atoms with van der Waals surface area (Å²) < 4.78 is 10.1. The van der Waals surface area contributed by atoms with Gasteiger partial charge in [-0.25, -0.2) is 0 Å². The molecule has 0 atom stereocenters. The predicted octanol–water partition coefficient (Wildman–Crippen LogP) is 1.96. The van der Waals surface area contributed by atoms with Crippen molar-refractivity contribution in [2.75, 3.05) is 14.2 Å². The monoisotopic (exact) mass is 326 g/mol. The maximum atomic E-state index is 12.2. The highest BCUT2D eigenvalue weighted by Crippen LogP contribution is 2.14. The number of carbonyl (C=O) groups is 2. The van der Waals surface area contributed by atoms with Crippen LogP contribution in [0.15, 0.2) is 54.2 Å². The fourth-order valence-corrected chi connectivity index (χ4v) is 1.97. The molecule has 2 aromatic rings. The summed E-state index contributed by atoms with van der Waals surface area (Å²) in [4.78, 5) is 23.8. The molecule has 0 fully saturated rings. The third-order valence-corrected chi connectivity index (χ3v) is 3.29. The number of rotatable bonds is 6. The molecule has 0 saturated carbocycles. The molecule has 0 aliphatic carbocycles. The molecule has 0 aromatic heterocycles. The van der Waals surface area contributed by atoms with Crippen molar-refractivity contribution in [3.05, 3.63) is 65.4 Å². The first-order valence-corrected chi connectivity index (χ1v) is 7.14. The fourth-order valence-electron chi connectivity index (χ4n) is 1.97. The molecule has 0 aliphatic rings. The van der Waals surface area contributed by atoms with E-state index >= 15 is 0 Å². The van der Waals surface area contributed by atoms with Crippen molar-refractivity contribution in [1.29, 1.82) is 0 Å². The molecule has 124 valence electrons. The van der Waals surface area contributed by atoms with Crippen LogP contribution in [0.4, 0.5) is 0 Å². The van der Waals surface area contributed by atoms with E-state index in [1.54, 1.807) is 55.6 Å². The van der Waals surface area contributed by atoms with E-state index in [-0.39, 0.29) is 5.70 Å². The number of primary amides is 1. The van der Waals surface area contributed by atoms with Gasteiger partial charge in [-0.05, 0) is 48.0 Å². The lowest BCUT2D eigenvalue weighted by molar-refractivity contribution is -0.114. The third kappa shape index (κ3) is 4.36. The molecule has 6 heteroatoms. The van der Waals surface area contributed by atoms with Crippen molar-refractivity contribution in [3.8, 4) is 11.5 Å². The molecular weight excluding hydrogens is 308 g/mol. The summed E-state index contributed by atoms with van der Waals surface area (Å²) in [6, 6.07) is 13.5. The van der Waals surface area contributed by atoms with E-state index in [2.05, 4.69) is 5.32 Å². The van der Waals surface area contributed by atoms with E-state index in [0.717, 1.165) is 0 Å². The molecule has 0 spiro atoms. The molecule has 0 unspecified atom stereocenters. The van der Waals surface area contributed by atoms with Crippen LogP contribution in [0.25, 0.3) is 6.08 Å². The Morgan fingerprint density at radius 2 is 1.42 bits per heavy atom. The fraction of sp³-hybridized carbons (Fsp3) is 0.111. The number of nitrogens with two attached hydrogens (primary N) is 1. The van der Waals surface area contributed by atoms with E-state index in [0.29, 0.717) is 22.6 Å². The number of amides is 2. The van der Waals surface area contributed by atoms with Crippen LogP contribution in [0.1, 0.15) is 15.9 Å². The average Bonchev–Trinajstić information content (AvgIpc) is 2.61. The third-order valence-electron chi connectivity index (χ3n) is 3.29. The molecule has 24 heavy (non-hydrogen) atoms. The molecule has 2 aromatic carbocycles. The van der Waals surface area contributed by atoms with Gasteiger partial charge in [0.15, 0.2) is 0 Å².